The number of amides is 1. The first-order valence-corrected chi connectivity index (χ1v) is 11.8. The first-order valence-electron chi connectivity index (χ1n) is 11.8. The molecule has 0 aromatic heterocycles. The molecule has 0 spiro atoms. The Hall–Kier alpha value is -4.15. The largest absolute Gasteiger partial charge is 0.366 e. The maximum Gasteiger partial charge on any atom is 0.366 e. The number of non-ortho nitro benzene ring substituents is 2. The molecule has 2 aromatic carbocycles. The number of fused-ring (bicyclic) bond motifs is 2. The number of carbonyl (C=O) groups is 2. The lowest BCUT2D eigenvalue weighted by molar-refractivity contribution is -0.394. The zero-order chi connectivity index (χ0) is 27.3. The molecule has 2 unspecified atom stereocenters. The van der Waals surface area contributed by atoms with E-state index < -0.39 is 43.4 Å². The summed E-state index contributed by atoms with van der Waals surface area (Å²) >= 11 is 0. The number of nitrogens with one attached hydrogen (secondary N) is 1. The van der Waals surface area contributed by atoms with Gasteiger partial charge in [0.15, 0.2) is 0 Å². The van der Waals surface area contributed by atoms with Crippen molar-refractivity contribution in [3.05, 3.63) is 73.3 Å². The van der Waals surface area contributed by atoms with Crippen LogP contribution >= 0.6 is 0 Å². The monoisotopic (exact) mass is 508 g/mol. The van der Waals surface area contributed by atoms with Crippen LogP contribution in [0, 0.1) is 50.3 Å². The third kappa shape index (κ3) is 4.04. The molecule has 1 N–H and O–H groups in total. The molecule has 0 heterocycles. The van der Waals surface area contributed by atoms with E-state index in [0.29, 0.717) is 24.2 Å². The van der Waals surface area contributed by atoms with E-state index in [1.165, 1.54) is 0 Å². The predicted octanol–water partition coefficient (Wildman–Crippen LogP) is 5.49. The van der Waals surface area contributed by atoms with Crippen LogP contribution in [0.5, 0.6) is 0 Å². The number of nitrogens with zero attached hydrogens (tertiary/aromatic N) is 3. The Morgan fingerprint density at radius 2 is 1.57 bits per heavy atom. The summed E-state index contributed by atoms with van der Waals surface area (Å²) in [7, 11) is 0. The van der Waals surface area contributed by atoms with Crippen molar-refractivity contribution in [3.8, 4) is 0 Å². The summed E-state index contributed by atoms with van der Waals surface area (Å²) in [6.07, 6.45) is 1.56. The number of carbonyl (C=O) groups excluding carboxylic acids is 2. The average Bonchev–Trinajstić information content (AvgIpc) is 3.15. The van der Waals surface area contributed by atoms with Gasteiger partial charge in [0.2, 0.25) is 5.91 Å². The molecular formula is C26H28N4O7. The summed E-state index contributed by atoms with van der Waals surface area (Å²) in [6, 6.07) is 8.31. The fraction of sp³-hybridized carbons (Fsp3) is 0.423. The molecule has 2 aliphatic carbocycles. The van der Waals surface area contributed by atoms with Crippen LogP contribution in [0.3, 0.4) is 0 Å². The number of anilines is 1. The topological polar surface area (TPSA) is 154 Å². The molecule has 194 valence electrons. The Morgan fingerprint density at radius 3 is 2.14 bits per heavy atom. The Bertz CT molecular complexity index is 1350. The molecule has 2 bridgehead atoms. The van der Waals surface area contributed by atoms with Gasteiger partial charge in [-0.05, 0) is 55.4 Å². The molecule has 1 amide bonds. The van der Waals surface area contributed by atoms with Gasteiger partial charge in [-0.15, -0.1) is 0 Å². The van der Waals surface area contributed by atoms with Crippen LogP contribution in [0.1, 0.15) is 61.5 Å². The van der Waals surface area contributed by atoms with Gasteiger partial charge in [-0.2, -0.15) is 0 Å². The van der Waals surface area contributed by atoms with E-state index in [0.717, 1.165) is 29.3 Å². The van der Waals surface area contributed by atoms with Crippen molar-refractivity contribution >= 4 is 34.7 Å². The lowest BCUT2D eigenvalue weighted by Gasteiger charge is -2.39. The first-order chi connectivity index (χ1) is 17.2. The van der Waals surface area contributed by atoms with Crippen molar-refractivity contribution in [1.82, 2.24) is 0 Å². The highest BCUT2D eigenvalue weighted by molar-refractivity contribution is 6.06. The second-order valence-electron chi connectivity index (χ2n) is 10.6. The summed E-state index contributed by atoms with van der Waals surface area (Å²) in [4.78, 5) is 52.1. The van der Waals surface area contributed by atoms with Crippen LogP contribution in [-0.2, 0) is 9.63 Å². The minimum absolute atomic E-state index is 0.129. The molecule has 0 saturated heterocycles. The van der Waals surface area contributed by atoms with Crippen LogP contribution in [0.15, 0.2) is 41.6 Å². The average molecular weight is 509 g/mol. The Balaban J connectivity index is 1.61. The van der Waals surface area contributed by atoms with E-state index in [4.69, 9.17) is 4.84 Å². The van der Waals surface area contributed by atoms with Crippen molar-refractivity contribution in [2.24, 2.45) is 21.4 Å². The molecule has 0 radical (unpaired) electrons. The highest BCUT2D eigenvalue weighted by Crippen LogP contribution is 2.71. The first kappa shape index (κ1) is 25.9. The number of nitro groups is 2. The second-order valence-corrected chi connectivity index (χ2v) is 10.6. The lowest BCUT2D eigenvalue weighted by atomic mass is 9.64. The summed E-state index contributed by atoms with van der Waals surface area (Å²) < 4.78 is 0. The molecule has 11 nitrogen and oxygen atoms in total. The normalized spacial score (nSPS) is 24.6. The van der Waals surface area contributed by atoms with Crippen LogP contribution in [-0.4, -0.2) is 27.4 Å². The molecule has 0 aliphatic heterocycles. The molecule has 2 atom stereocenters. The number of nitro benzene ring substituents is 2. The second kappa shape index (κ2) is 8.75. The van der Waals surface area contributed by atoms with Gasteiger partial charge < -0.3 is 10.2 Å². The number of oxime groups is 1. The molecule has 4 rings (SSSR count). The maximum absolute atomic E-state index is 13.7. The molecule has 2 fully saturated rings. The minimum atomic E-state index is -1.06. The van der Waals surface area contributed by atoms with Crippen LogP contribution in [0.4, 0.5) is 17.1 Å². The van der Waals surface area contributed by atoms with Gasteiger partial charge in [0.1, 0.15) is 0 Å². The molecular weight excluding hydrogens is 480 g/mol. The number of hydrogen-bond acceptors (Lipinski definition) is 8. The SMILES string of the molecule is Cc1ccc(NC(=O)C23CCC(C)(/C(=N\OC(=O)c4cc([N+](=O)[O-])cc([N+](=O)[O-])c4)C2)C3(C)C)cc1C. The highest BCUT2D eigenvalue weighted by Gasteiger charge is 2.71. The van der Waals surface area contributed by atoms with E-state index in [9.17, 15) is 29.8 Å². The molecule has 11 heteroatoms. The van der Waals surface area contributed by atoms with Gasteiger partial charge >= 0.3 is 5.97 Å². The van der Waals surface area contributed by atoms with Crippen molar-refractivity contribution < 1.29 is 24.3 Å². The zero-order valence-electron chi connectivity index (χ0n) is 21.3. The smallest absolute Gasteiger partial charge is 0.326 e. The molecule has 2 aliphatic rings. The van der Waals surface area contributed by atoms with E-state index >= 15 is 0 Å². The van der Waals surface area contributed by atoms with Crippen LogP contribution in [0.25, 0.3) is 0 Å². The van der Waals surface area contributed by atoms with Crippen molar-refractivity contribution in [2.75, 3.05) is 5.32 Å². The number of aryl methyl sites for hydroxylation is 2. The van der Waals surface area contributed by atoms with E-state index in [1.807, 2.05) is 52.8 Å². The van der Waals surface area contributed by atoms with Crippen LogP contribution in [0.2, 0.25) is 0 Å². The van der Waals surface area contributed by atoms with Crippen molar-refractivity contribution in [2.45, 2.75) is 53.9 Å². The summed E-state index contributed by atoms with van der Waals surface area (Å²) in [6.45, 7) is 9.97. The number of hydrogen-bond donors (Lipinski definition) is 1. The van der Waals surface area contributed by atoms with Crippen molar-refractivity contribution in [3.63, 3.8) is 0 Å². The fourth-order valence-corrected chi connectivity index (χ4v) is 5.67. The third-order valence-electron chi connectivity index (χ3n) is 8.73. The summed E-state index contributed by atoms with van der Waals surface area (Å²) in [5.74, 6) is -1.19. The Kier molecular flexibility index (Phi) is 6.13. The maximum atomic E-state index is 13.7. The van der Waals surface area contributed by atoms with E-state index in [-0.39, 0.29) is 17.9 Å². The lowest BCUT2D eigenvalue weighted by Crippen LogP contribution is -2.43. The summed E-state index contributed by atoms with van der Waals surface area (Å²) in [5, 5.41) is 29.5. The van der Waals surface area contributed by atoms with Crippen LogP contribution < -0.4 is 5.32 Å². The standard InChI is InChI=1S/C26H28N4O7/c1-15-6-7-18(10-16(15)2)27-23(32)26-9-8-25(5,24(26,3)4)21(14-26)28-37-22(31)17-11-19(29(33)34)13-20(12-17)30(35)36/h6-7,10-13H,8-9,14H2,1-5H3,(H,27,32)/b28-21-. The van der Waals surface area contributed by atoms with Gasteiger partial charge in [0.25, 0.3) is 11.4 Å². The Labute approximate surface area is 213 Å². The molecule has 2 aromatic rings. The number of rotatable bonds is 6. The summed E-state index contributed by atoms with van der Waals surface area (Å²) in [5.41, 5.74) is 0.0116. The molecule has 37 heavy (non-hydrogen) atoms. The van der Waals surface area contributed by atoms with Gasteiger partial charge in [0.05, 0.1) is 32.6 Å². The zero-order valence-corrected chi connectivity index (χ0v) is 21.3. The molecule has 2 saturated carbocycles. The fourth-order valence-electron chi connectivity index (χ4n) is 5.67. The predicted molar refractivity (Wildman–Crippen MR) is 135 cm³/mol. The Morgan fingerprint density at radius 1 is 0.946 bits per heavy atom. The van der Waals surface area contributed by atoms with E-state index in [1.54, 1.807) is 0 Å². The van der Waals surface area contributed by atoms with Crippen molar-refractivity contribution in [1.29, 1.82) is 0 Å². The van der Waals surface area contributed by atoms with Gasteiger partial charge in [0, 0.05) is 29.7 Å². The van der Waals surface area contributed by atoms with E-state index in [2.05, 4.69) is 10.5 Å². The van der Waals surface area contributed by atoms with Gasteiger partial charge in [-0.1, -0.05) is 32.0 Å². The minimum Gasteiger partial charge on any atom is -0.326 e. The number of benzene rings is 2. The van der Waals surface area contributed by atoms with Gasteiger partial charge in [-0.25, -0.2) is 4.79 Å². The third-order valence-corrected chi connectivity index (χ3v) is 8.73. The highest BCUT2D eigenvalue weighted by atomic mass is 16.7. The van der Waals surface area contributed by atoms with Gasteiger partial charge in [-0.3, -0.25) is 25.0 Å². The quantitative estimate of drug-likeness (QED) is 0.307.